The molecule has 3 aromatic rings. The van der Waals surface area contributed by atoms with E-state index in [4.69, 9.17) is 4.42 Å². The van der Waals surface area contributed by atoms with Crippen LogP contribution in [0, 0.1) is 0 Å². The maximum absolute atomic E-state index is 5.56. The van der Waals surface area contributed by atoms with E-state index in [1.807, 2.05) is 18.5 Å². The average molecular weight is 264 g/mol. The van der Waals surface area contributed by atoms with Crippen molar-refractivity contribution < 1.29 is 4.42 Å². The van der Waals surface area contributed by atoms with Gasteiger partial charge in [-0.2, -0.15) is 0 Å². The Labute approximate surface area is 117 Å². The number of anilines is 1. The van der Waals surface area contributed by atoms with Gasteiger partial charge in [0, 0.05) is 35.5 Å². The van der Waals surface area contributed by atoms with Crippen molar-refractivity contribution in [3.63, 3.8) is 0 Å². The Morgan fingerprint density at radius 1 is 1.20 bits per heavy atom. The van der Waals surface area contributed by atoms with Gasteiger partial charge in [-0.3, -0.25) is 4.98 Å². The van der Waals surface area contributed by atoms with Crippen LogP contribution in [0.1, 0.15) is 30.2 Å². The third-order valence-electron chi connectivity index (χ3n) is 4.07. The Morgan fingerprint density at radius 2 is 2.20 bits per heavy atom. The van der Waals surface area contributed by atoms with E-state index in [9.17, 15) is 0 Å². The number of hydrogen-bond acceptors (Lipinski definition) is 3. The zero-order chi connectivity index (χ0) is 13.4. The van der Waals surface area contributed by atoms with Gasteiger partial charge in [-0.25, -0.2) is 0 Å². The Morgan fingerprint density at radius 3 is 3.20 bits per heavy atom. The van der Waals surface area contributed by atoms with Crippen LogP contribution in [0.15, 0.2) is 53.4 Å². The van der Waals surface area contributed by atoms with Gasteiger partial charge < -0.3 is 9.73 Å². The molecule has 0 bridgehead atoms. The maximum Gasteiger partial charge on any atom is 0.109 e. The van der Waals surface area contributed by atoms with Gasteiger partial charge in [0.1, 0.15) is 5.76 Å². The lowest BCUT2D eigenvalue weighted by molar-refractivity contribution is 0.461. The van der Waals surface area contributed by atoms with Gasteiger partial charge in [-0.05, 0) is 36.4 Å². The summed E-state index contributed by atoms with van der Waals surface area (Å²) in [5.41, 5.74) is 2.45. The maximum atomic E-state index is 5.56. The molecule has 0 saturated heterocycles. The number of pyridine rings is 1. The minimum Gasteiger partial charge on any atom is -0.469 e. The fourth-order valence-corrected chi connectivity index (χ4v) is 3.06. The molecule has 0 fully saturated rings. The fraction of sp³-hybridized carbons (Fsp3) is 0.235. The molecule has 0 aliphatic heterocycles. The molecule has 2 aromatic heterocycles. The van der Waals surface area contributed by atoms with Gasteiger partial charge in [0.15, 0.2) is 0 Å². The molecule has 4 rings (SSSR count). The number of nitrogens with one attached hydrogen (secondary N) is 1. The number of fused-ring (bicyclic) bond motifs is 2. The van der Waals surface area contributed by atoms with Crippen LogP contribution in [0.5, 0.6) is 0 Å². The molecular formula is C17H16N2O. The molecular weight excluding hydrogens is 248 g/mol. The minimum absolute atomic E-state index is 0.336. The summed E-state index contributed by atoms with van der Waals surface area (Å²) in [7, 11) is 0. The normalized spacial score (nSPS) is 17.9. The molecule has 2 heterocycles. The number of aromatic nitrogens is 1. The molecule has 0 saturated carbocycles. The lowest BCUT2D eigenvalue weighted by Gasteiger charge is -2.24. The van der Waals surface area contributed by atoms with Crippen molar-refractivity contribution in [1.82, 2.24) is 4.98 Å². The van der Waals surface area contributed by atoms with Crippen LogP contribution in [0.2, 0.25) is 0 Å². The van der Waals surface area contributed by atoms with E-state index in [1.54, 1.807) is 6.26 Å². The smallest absolute Gasteiger partial charge is 0.109 e. The van der Waals surface area contributed by atoms with Crippen LogP contribution < -0.4 is 5.32 Å². The van der Waals surface area contributed by atoms with Crippen LogP contribution >= 0.6 is 0 Å². The van der Waals surface area contributed by atoms with Gasteiger partial charge in [0.05, 0.1) is 12.3 Å². The third kappa shape index (κ3) is 1.86. The Balaban J connectivity index is 1.73. The van der Waals surface area contributed by atoms with Crippen LogP contribution in [-0.2, 0) is 6.42 Å². The summed E-state index contributed by atoms with van der Waals surface area (Å²) in [5.74, 6) is 1.13. The molecule has 0 spiro atoms. The van der Waals surface area contributed by atoms with Crippen LogP contribution in [0.3, 0.4) is 0 Å². The monoisotopic (exact) mass is 264 g/mol. The Kier molecular flexibility index (Phi) is 2.69. The number of hydrogen-bond donors (Lipinski definition) is 1. The molecule has 100 valence electrons. The standard InChI is InChI=1S/C17H16N2O/c1-3-12-7-9-18-11-14(12)16(4-1)19-15-5-2-6-17-13(15)8-10-20-17/h1,3-4,7-11,15,19H,2,5-6H2. The van der Waals surface area contributed by atoms with Crippen molar-refractivity contribution in [3.05, 3.63) is 60.3 Å². The van der Waals surface area contributed by atoms with Crippen molar-refractivity contribution in [2.75, 3.05) is 5.32 Å². The lowest BCUT2D eigenvalue weighted by Crippen LogP contribution is -2.16. The van der Waals surface area contributed by atoms with Gasteiger partial charge in [-0.1, -0.05) is 12.1 Å². The summed E-state index contributed by atoms with van der Waals surface area (Å²) < 4.78 is 5.56. The summed E-state index contributed by atoms with van der Waals surface area (Å²) in [5, 5.41) is 6.05. The van der Waals surface area contributed by atoms with Gasteiger partial charge in [-0.15, -0.1) is 0 Å². The Hall–Kier alpha value is -2.29. The van der Waals surface area contributed by atoms with Gasteiger partial charge >= 0.3 is 0 Å². The number of nitrogens with zero attached hydrogens (tertiary/aromatic N) is 1. The second-order valence-electron chi connectivity index (χ2n) is 5.29. The summed E-state index contributed by atoms with van der Waals surface area (Å²) >= 11 is 0. The minimum atomic E-state index is 0.336. The number of aryl methyl sites for hydroxylation is 1. The topological polar surface area (TPSA) is 38.1 Å². The number of rotatable bonds is 2. The lowest BCUT2D eigenvalue weighted by atomic mass is 9.93. The first-order valence-electron chi connectivity index (χ1n) is 7.07. The molecule has 0 radical (unpaired) electrons. The summed E-state index contributed by atoms with van der Waals surface area (Å²) in [4.78, 5) is 4.24. The molecule has 1 aliphatic rings. The molecule has 3 heteroatoms. The zero-order valence-corrected chi connectivity index (χ0v) is 11.2. The van der Waals surface area contributed by atoms with Crippen LogP contribution in [-0.4, -0.2) is 4.98 Å². The van der Waals surface area contributed by atoms with Crippen LogP contribution in [0.4, 0.5) is 5.69 Å². The van der Waals surface area contributed by atoms with E-state index < -0.39 is 0 Å². The second-order valence-corrected chi connectivity index (χ2v) is 5.29. The molecule has 1 atom stereocenters. The first-order chi connectivity index (χ1) is 9.92. The summed E-state index contributed by atoms with van der Waals surface area (Å²) in [6.07, 6.45) is 8.93. The van der Waals surface area contributed by atoms with Crippen molar-refractivity contribution in [2.45, 2.75) is 25.3 Å². The van der Waals surface area contributed by atoms with E-state index in [1.165, 1.54) is 22.8 Å². The molecule has 1 aliphatic carbocycles. The van der Waals surface area contributed by atoms with Crippen molar-refractivity contribution in [2.24, 2.45) is 0 Å². The highest BCUT2D eigenvalue weighted by Crippen LogP contribution is 2.34. The summed E-state index contributed by atoms with van der Waals surface area (Å²) in [6.45, 7) is 0. The first kappa shape index (κ1) is 11.5. The van der Waals surface area contributed by atoms with E-state index in [-0.39, 0.29) is 0 Å². The molecule has 3 nitrogen and oxygen atoms in total. The quantitative estimate of drug-likeness (QED) is 0.749. The van der Waals surface area contributed by atoms with Crippen LogP contribution in [0.25, 0.3) is 10.8 Å². The number of furan rings is 1. The van der Waals surface area contributed by atoms with Crippen molar-refractivity contribution in [3.8, 4) is 0 Å². The average Bonchev–Trinajstić information content (AvgIpc) is 2.97. The fourth-order valence-electron chi connectivity index (χ4n) is 3.06. The van der Waals surface area contributed by atoms with Crippen molar-refractivity contribution in [1.29, 1.82) is 0 Å². The van der Waals surface area contributed by atoms with Gasteiger partial charge in [0.2, 0.25) is 0 Å². The van der Waals surface area contributed by atoms with E-state index in [0.717, 1.165) is 24.3 Å². The second kappa shape index (κ2) is 4.67. The molecule has 0 amide bonds. The summed E-state index contributed by atoms with van der Waals surface area (Å²) in [6, 6.07) is 10.8. The molecule has 20 heavy (non-hydrogen) atoms. The molecule has 1 unspecified atom stereocenters. The van der Waals surface area contributed by atoms with Crippen molar-refractivity contribution >= 4 is 16.5 Å². The molecule has 1 aromatic carbocycles. The predicted molar refractivity (Wildman–Crippen MR) is 79.8 cm³/mol. The largest absolute Gasteiger partial charge is 0.469 e. The first-order valence-corrected chi connectivity index (χ1v) is 7.07. The SMILES string of the molecule is c1cc(NC2CCCc3occc32)c2cnccc2c1. The highest BCUT2D eigenvalue weighted by atomic mass is 16.3. The predicted octanol–water partition coefficient (Wildman–Crippen LogP) is 4.32. The van der Waals surface area contributed by atoms with E-state index in [0.29, 0.717) is 6.04 Å². The highest BCUT2D eigenvalue weighted by molar-refractivity contribution is 5.93. The number of benzene rings is 1. The Bertz CT molecular complexity index is 742. The van der Waals surface area contributed by atoms with E-state index >= 15 is 0 Å². The third-order valence-corrected chi connectivity index (χ3v) is 4.07. The van der Waals surface area contributed by atoms with Gasteiger partial charge in [0.25, 0.3) is 0 Å². The highest BCUT2D eigenvalue weighted by Gasteiger charge is 2.22. The zero-order valence-electron chi connectivity index (χ0n) is 11.2. The molecule has 1 N–H and O–H groups in total. The van der Waals surface area contributed by atoms with E-state index in [2.05, 4.69) is 34.6 Å².